The predicted octanol–water partition coefficient (Wildman–Crippen LogP) is 4.26. The van der Waals surface area contributed by atoms with E-state index in [1.807, 2.05) is 0 Å². The van der Waals surface area contributed by atoms with E-state index in [-0.39, 0.29) is 19.4 Å². The van der Waals surface area contributed by atoms with Crippen molar-refractivity contribution in [3.05, 3.63) is 29.3 Å². The number of methoxy groups -OCH3 is 3. The molecule has 10 nitrogen and oxygen atoms in total. The molecular formula is C25H37NO9. The Morgan fingerprint density at radius 3 is 1.80 bits per heavy atom. The number of carbonyl (C=O) groups is 4. The fraction of sp³-hybridized carbons (Fsp3) is 0.600. The topological polar surface area (TPSA) is 118 Å². The second kappa shape index (κ2) is 12.4. The van der Waals surface area contributed by atoms with Gasteiger partial charge in [0.15, 0.2) is 0 Å². The average molecular weight is 496 g/mol. The van der Waals surface area contributed by atoms with Crippen molar-refractivity contribution in [3.63, 3.8) is 0 Å². The van der Waals surface area contributed by atoms with Gasteiger partial charge in [-0.05, 0) is 71.2 Å². The van der Waals surface area contributed by atoms with E-state index >= 15 is 0 Å². The zero-order valence-electron chi connectivity index (χ0n) is 22.1. The summed E-state index contributed by atoms with van der Waals surface area (Å²) in [6, 6.07) is 5.02. The number of hydrogen-bond acceptors (Lipinski definition) is 9. The minimum absolute atomic E-state index is 0.0948. The third-order valence-corrected chi connectivity index (χ3v) is 4.61. The summed E-state index contributed by atoms with van der Waals surface area (Å²) in [4.78, 5) is 51.0. The number of esters is 2. The van der Waals surface area contributed by atoms with E-state index in [9.17, 15) is 19.2 Å². The first-order valence-electron chi connectivity index (χ1n) is 11.1. The third kappa shape index (κ3) is 10.2. The number of ether oxygens (including phenoxy) is 5. The van der Waals surface area contributed by atoms with Gasteiger partial charge in [-0.2, -0.15) is 0 Å². The van der Waals surface area contributed by atoms with Gasteiger partial charge < -0.3 is 23.7 Å². The van der Waals surface area contributed by atoms with Crippen molar-refractivity contribution in [2.75, 3.05) is 21.3 Å². The maximum absolute atomic E-state index is 13.0. The van der Waals surface area contributed by atoms with E-state index in [1.165, 1.54) is 21.3 Å². The number of nitrogens with zero attached hydrogens (tertiary/aromatic N) is 1. The SMILES string of the molecule is COC(=O)CC(Cc1ccc(OC)cc1CN(C(=O)OC(C)(C)C)C(=O)OC(C)(C)C)C(=O)OC. The van der Waals surface area contributed by atoms with E-state index in [1.54, 1.807) is 59.7 Å². The Balaban J connectivity index is 3.44. The summed E-state index contributed by atoms with van der Waals surface area (Å²) in [7, 11) is 3.94. The van der Waals surface area contributed by atoms with Crippen LogP contribution in [0, 0.1) is 5.92 Å². The molecule has 1 unspecified atom stereocenters. The highest BCUT2D eigenvalue weighted by molar-refractivity contribution is 5.88. The van der Waals surface area contributed by atoms with E-state index in [4.69, 9.17) is 23.7 Å². The summed E-state index contributed by atoms with van der Waals surface area (Å²) in [6.07, 6.45) is -1.88. The van der Waals surface area contributed by atoms with Gasteiger partial charge in [-0.1, -0.05) is 6.07 Å². The predicted molar refractivity (Wildman–Crippen MR) is 127 cm³/mol. The molecule has 1 aromatic carbocycles. The Morgan fingerprint density at radius 2 is 1.37 bits per heavy atom. The molecule has 0 spiro atoms. The summed E-state index contributed by atoms with van der Waals surface area (Å²) in [6.45, 7) is 9.88. The summed E-state index contributed by atoms with van der Waals surface area (Å²) in [5, 5.41) is 0. The van der Waals surface area contributed by atoms with Crippen molar-refractivity contribution in [1.29, 1.82) is 0 Å². The van der Waals surface area contributed by atoms with Crippen molar-refractivity contribution >= 4 is 24.1 Å². The average Bonchev–Trinajstić information content (AvgIpc) is 2.74. The van der Waals surface area contributed by atoms with Crippen molar-refractivity contribution in [2.45, 2.75) is 72.1 Å². The molecule has 0 N–H and O–H groups in total. The number of imide groups is 1. The van der Waals surface area contributed by atoms with Crippen LogP contribution >= 0.6 is 0 Å². The van der Waals surface area contributed by atoms with Gasteiger partial charge in [0.25, 0.3) is 0 Å². The van der Waals surface area contributed by atoms with Crippen LogP contribution in [0.3, 0.4) is 0 Å². The molecule has 0 aromatic heterocycles. The monoisotopic (exact) mass is 495 g/mol. The molecule has 35 heavy (non-hydrogen) atoms. The quantitative estimate of drug-likeness (QED) is 0.385. The lowest BCUT2D eigenvalue weighted by Gasteiger charge is -2.29. The first kappa shape index (κ1) is 29.7. The van der Waals surface area contributed by atoms with E-state index in [0.717, 1.165) is 4.90 Å². The Hall–Kier alpha value is -3.30. The summed E-state index contributed by atoms with van der Waals surface area (Å²) < 4.78 is 25.7. The molecule has 10 heteroatoms. The van der Waals surface area contributed by atoms with Gasteiger partial charge in [0.1, 0.15) is 17.0 Å². The molecular weight excluding hydrogens is 458 g/mol. The van der Waals surface area contributed by atoms with Crippen molar-refractivity contribution in [2.24, 2.45) is 5.92 Å². The number of rotatable bonds is 8. The molecule has 1 rings (SSSR count). The molecule has 196 valence electrons. The molecule has 0 saturated carbocycles. The molecule has 0 aliphatic heterocycles. The van der Waals surface area contributed by atoms with Crippen LogP contribution in [-0.2, 0) is 41.5 Å². The second-order valence-electron chi connectivity index (χ2n) is 9.89. The molecule has 0 radical (unpaired) electrons. The van der Waals surface area contributed by atoms with Crippen LogP contribution in [-0.4, -0.2) is 61.6 Å². The molecule has 2 amide bonds. The van der Waals surface area contributed by atoms with Gasteiger partial charge in [-0.25, -0.2) is 14.5 Å². The number of hydrogen-bond donors (Lipinski definition) is 0. The lowest BCUT2D eigenvalue weighted by molar-refractivity contribution is -0.152. The van der Waals surface area contributed by atoms with Crippen molar-refractivity contribution in [1.82, 2.24) is 4.90 Å². The van der Waals surface area contributed by atoms with Crippen LogP contribution in [0.25, 0.3) is 0 Å². The van der Waals surface area contributed by atoms with Crippen LogP contribution in [0.5, 0.6) is 5.75 Å². The minimum Gasteiger partial charge on any atom is -0.497 e. The Labute approximate surface area is 206 Å². The van der Waals surface area contributed by atoms with Gasteiger partial charge in [-0.3, -0.25) is 9.59 Å². The molecule has 1 aromatic rings. The maximum Gasteiger partial charge on any atom is 0.420 e. The van der Waals surface area contributed by atoms with Gasteiger partial charge in [-0.15, -0.1) is 0 Å². The van der Waals surface area contributed by atoms with E-state index in [0.29, 0.717) is 16.9 Å². The lowest BCUT2D eigenvalue weighted by Crippen LogP contribution is -2.43. The molecule has 0 aliphatic rings. The number of carbonyl (C=O) groups excluding carboxylic acids is 4. The van der Waals surface area contributed by atoms with Gasteiger partial charge in [0, 0.05) is 0 Å². The third-order valence-electron chi connectivity index (χ3n) is 4.61. The molecule has 0 bridgehead atoms. The highest BCUT2D eigenvalue weighted by Gasteiger charge is 2.32. The van der Waals surface area contributed by atoms with Gasteiger partial charge in [0.05, 0.1) is 40.2 Å². The summed E-state index contributed by atoms with van der Waals surface area (Å²) >= 11 is 0. The van der Waals surface area contributed by atoms with Crippen LogP contribution < -0.4 is 4.74 Å². The molecule has 1 atom stereocenters. The fourth-order valence-corrected chi connectivity index (χ4v) is 3.04. The zero-order chi connectivity index (χ0) is 27.0. The second-order valence-corrected chi connectivity index (χ2v) is 9.89. The Kier molecular flexibility index (Phi) is 10.5. The fourth-order valence-electron chi connectivity index (χ4n) is 3.04. The number of amides is 2. The molecule has 0 aliphatic carbocycles. The zero-order valence-corrected chi connectivity index (χ0v) is 22.1. The number of benzene rings is 1. The highest BCUT2D eigenvalue weighted by atomic mass is 16.6. The van der Waals surface area contributed by atoms with Gasteiger partial charge >= 0.3 is 24.1 Å². The smallest absolute Gasteiger partial charge is 0.420 e. The Bertz CT molecular complexity index is 884. The van der Waals surface area contributed by atoms with Gasteiger partial charge in [0.2, 0.25) is 0 Å². The summed E-state index contributed by atoms with van der Waals surface area (Å²) in [5.74, 6) is -1.52. The maximum atomic E-state index is 13.0. The first-order valence-corrected chi connectivity index (χ1v) is 11.1. The lowest BCUT2D eigenvalue weighted by atomic mass is 9.92. The Morgan fingerprint density at radius 1 is 0.829 bits per heavy atom. The minimum atomic E-state index is -0.889. The van der Waals surface area contributed by atoms with Crippen LogP contribution in [0.1, 0.15) is 59.1 Å². The molecule has 0 heterocycles. The van der Waals surface area contributed by atoms with E-state index < -0.39 is 41.2 Å². The van der Waals surface area contributed by atoms with Crippen LogP contribution in [0.15, 0.2) is 18.2 Å². The normalized spacial score (nSPS) is 12.3. The van der Waals surface area contributed by atoms with Crippen molar-refractivity contribution in [3.8, 4) is 5.75 Å². The molecule has 0 fully saturated rings. The van der Waals surface area contributed by atoms with Crippen molar-refractivity contribution < 1.29 is 42.9 Å². The summed E-state index contributed by atoms with van der Waals surface area (Å²) in [5.41, 5.74) is -0.613. The van der Waals surface area contributed by atoms with E-state index in [2.05, 4.69) is 0 Å². The largest absolute Gasteiger partial charge is 0.497 e. The highest BCUT2D eigenvalue weighted by Crippen LogP contribution is 2.26. The first-order chi connectivity index (χ1) is 16.1. The molecule has 0 saturated heterocycles. The van der Waals surface area contributed by atoms with Crippen LogP contribution in [0.4, 0.5) is 9.59 Å². The standard InChI is InChI=1S/C25H37NO9/c1-24(2,3)34-22(29)26(23(30)35-25(4,5)6)15-18-13-19(31-7)11-10-16(18)12-17(21(28)33-9)14-20(27)32-8/h10-11,13,17H,12,14-15H2,1-9H3. The van der Waals surface area contributed by atoms with Crippen LogP contribution in [0.2, 0.25) is 0 Å².